The summed E-state index contributed by atoms with van der Waals surface area (Å²) in [5, 5.41) is 0.361. The van der Waals surface area contributed by atoms with Gasteiger partial charge in [-0.3, -0.25) is 9.59 Å². The lowest BCUT2D eigenvalue weighted by Crippen LogP contribution is -2.47. The molecule has 0 spiro atoms. The highest BCUT2D eigenvalue weighted by Crippen LogP contribution is 2.48. The number of aromatic nitrogens is 2. The predicted molar refractivity (Wildman–Crippen MR) is 151 cm³/mol. The second kappa shape index (κ2) is 11.1. The molecular weight excluding hydrogens is 521 g/mol. The van der Waals surface area contributed by atoms with Gasteiger partial charge in [-0.1, -0.05) is 66.9 Å². The second-order valence-corrected chi connectivity index (χ2v) is 11.6. The maximum atomic E-state index is 13.7. The molecule has 1 aromatic carbocycles. The van der Waals surface area contributed by atoms with Gasteiger partial charge in [0, 0.05) is 36.0 Å². The van der Waals surface area contributed by atoms with E-state index in [4.69, 9.17) is 27.9 Å². The van der Waals surface area contributed by atoms with Crippen LogP contribution in [0.5, 0.6) is 5.75 Å². The van der Waals surface area contributed by atoms with Crippen LogP contribution in [0.25, 0.3) is 0 Å². The van der Waals surface area contributed by atoms with E-state index >= 15 is 0 Å². The van der Waals surface area contributed by atoms with Crippen molar-refractivity contribution in [2.75, 3.05) is 6.54 Å². The smallest absolute Gasteiger partial charge is 0.316 e. The molecule has 6 nitrogen and oxygen atoms in total. The third kappa shape index (κ3) is 5.34. The van der Waals surface area contributed by atoms with Gasteiger partial charge in [0.2, 0.25) is 5.75 Å². The van der Waals surface area contributed by atoms with Gasteiger partial charge in [-0.2, -0.15) is 4.98 Å². The molecule has 1 unspecified atom stereocenters. The van der Waals surface area contributed by atoms with Gasteiger partial charge in [-0.05, 0) is 50.0 Å². The number of rotatable bonds is 7. The fourth-order valence-electron chi connectivity index (χ4n) is 5.88. The summed E-state index contributed by atoms with van der Waals surface area (Å²) in [6, 6.07) is 9.61. The van der Waals surface area contributed by atoms with Crippen molar-refractivity contribution in [3.05, 3.63) is 92.7 Å². The fourth-order valence-corrected chi connectivity index (χ4v) is 6.27. The monoisotopic (exact) mass is 553 g/mol. The van der Waals surface area contributed by atoms with Crippen molar-refractivity contribution < 1.29 is 9.53 Å². The average molecular weight is 555 g/mol. The fraction of sp³-hybridized carbons (Fsp3) is 0.433. The van der Waals surface area contributed by atoms with Gasteiger partial charge in [0.1, 0.15) is 12.4 Å². The first-order valence-corrected chi connectivity index (χ1v) is 14.1. The van der Waals surface area contributed by atoms with Crippen LogP contribution in [0.1, 0.15) is 61.4 Å². The number of ether oxygens (including phenoxy) is 1. The zero-order valence-electron chi connectivity index (χ0n) is 21.8. The average Bonchev–Trinajstić information content (AvgIpc) is 3.30. The maximum absolute atomic E-state index is 13.7. The molecule has 1 aromatic heterocycles. The van der Waals surface area contributed by atoms with Gasteiger partial charge in [0.15, 0.2) is 5.69 Å². The van der Waals surface area contributed by atoms with Crippen LogP contribution in [-0.4, -0.2) is 38.3 Å². The summed E-state index contributed by atoms with van der Waals surface area (Å²) in [4.78, 5) is 33.6. The molecule has 0 bridgehead atoms. The molecule has 2 heterocycles. The lowest BCUT2D eigenvalue weighted by atomic mass is 9.74. The Kier molecular flexibility index (Phi) is 7.83. The van der Waals surface area contributed by atoms with Crippen LogP contribution >= 0.6 is 23.2 Å². The molecule has 8 heteroatoms. The maximum Gasteiger partial charge on any atom is 0.316 e. The summed E-state index contributed by atoms with van der Waals surface area (Å²) < 4.78 is 7.94. The molecular formula is C30H33Cl2N3O3. The largest absolute Gasteiger partial charge is 0.481 e. The number of allylic oxidation sites excluding steroid dienone is 6. The van der Waals surface area contributed by atoms with Crippen molar-refractivity contribution in [1.29, 1.82) is 0 Å². The minimum absolute atomic E-state index is 0.00249. The van der Waals surface area contributed by atoms with E-state index in [1.165, 1.54) is 0 Å². The molecule has 0 saturated heterocycles. The standard InChI is InChI=1S/C30H33Cl2N3O3/c1-20(2)34-14-15-35-25(18-30(12-6-7-13-30)22-16-23(31)10-11-24(32)17-22)33-28(36)27(26(35)29(34)37)38-19-21-8-4-3-5-9-21/h3-5,8-11,16-17,20,23H,6-7,12-15,18-19H2,1-2H3. The quantitative estimate of drug-likeness (QED) is 0.393. The SMILES string of the molecule is CC(C)N1CCn2c(CC3(C4=CC(Cl)C=CC(Cl)=C4)CCCC3)nc(=O)c(OCc3ccccc3)c2C1=O. The van der Waals surface area contributed by atoms with E-state index in [9.17, 15) is 9.59 Å². The summed E-state index contributed by atoms with van der Waals surface area (Å²) >= 11 is 13.0. The molecule has 1 atom stereocenters. The minimum Gasteiger partial charge on any atom is -0.481 e. The molecule has 2 aliphatic carbocycles. The highest BCUT2D eigenvalue weighted by Gasteiger charge is 2.40. The first-order valence-electron chi connectivity index (χ1n) is 13.3. The van der Waals surface area contributed by atoms with Gasteiger partial charge < -0.3 is 14.2 Å². The zero-order valence-corrected chi connectivity index (χ0v) is 23.3. The molecule has 38 heavy (non-hydrogen) atoms. The molecule has 1 saturated carbocycles. The number of halogens is 2. The third-order valence-electron chi connectivity index (χ3n) is 7.84. The minimum atomic E-state index is -0.505. The van der Waals surface area contributed by atoms with Crippen molar-refractivity contribution in [3.8, 4) is 5.75 Å². The van der Waals surface area contributed by atoms with Crippen LogP contribution in [0.3, 0.4) is 0 Å². The Labute approximate surface area is 233 Å². The first-order chi connectivity index (χ1) is 18.3. The summed E-state index contributed by atoms with van der Waals surface area (Å²) in [5.74, 6) is 0.441. The van der Waals surface area contributed by atoms with Gasteiger partial charge in [-0.25, -0.2) is 0 Å². The molecule has 1 aliphatic heterocycles. The molecule has 0 N–H and O–H groups in total. The lowest BCUT2D eigenvalue weighted by molar-refractivity contribution is 0.0633. The van der Waals surface area contributed by atoms with Crippen molar-refractivity contribution in [2.24, 2.45) is 5.41 Å². The Balaban J connectivity index is 1.58. The highest BCUT2D eigenvalue weighted by atomic mass is 35.5. The third-order valence-corrected chi connectivity index (χ3v) is 8.35. The number of carbonyl (C=O) groups is 1. The van der Waals surface area contributed by atoms with E-state index < -0.39 is 5.56 Å². The summed E-state index contributed by atoms with van der Waals surface area (Å²) in [6.07, 6.45) is 12.3. The molecule has 5 rings (SSSR count). The Morgan fingerprint density at radius 2 is 1.87 bits per heavy atom. The number of amides is 1. The number of carbonyl (C=O) groups excluding carboxylic acids is 1. The van der Waals surface area contributed by atoms with Gasteiger partial charge in [0.25, 0.3) is 5.91 Å². The van der Waals surface area contributed by atoms with Crippen LogP contribution in [0.15, 0.2) is 70.0 Å². The van der Waals surface area contributed by atoms with Gasteiger partial charge in [-0.15, -0.1) is 11.6 Å². The van der Waals surface area contributed by atoms with Gasteiger partial charge >= 0.3 is 5.56 Å². The van der Waals surface area contributed by atoms with E-state index in [1.54, 1.807) is 4.90 Å². The Morgan fingerprint density at radius 1 is 1.13 bits per heavy atom. The highest BCUT2D eigenvalue weighted by molar-refractivity contribution is 6.31. The van der Waals surface area contributed by atoms with Crippen LogP contribution in [0.2, 0.25) is 0 Å². The second-order valence-electron chi connectivity index (χ2n) is 10.6. The number of nitrogens with zero attached hydrogens (tertiary/aromatic N) is 3. The predicted octanol–water partition coefficient (Wildman–Crippen LogP) is 6.02. The number of fused-ring (bicyclic) bond motifs is 1. The number of benzene rings is 1. The Hall–Kier alpha value is -2.83. The Bertz CT molecular complexity index is 1350. The summed E-state index contributed by atoms with van der Waals surface area (Å²) in [5.41, 5.74) is 1.52. The normalized spacial score (nSPS) is 20.7. The van der Waals surface area contributed by atoms with E-state index in [-0.39, 0.29) is 35.1 Å². The number of alkyl halides is 1. The van der Waals surface area contributed by atoms with Crippen LogP contribution < -0.4 is 10.3 Å². The van der Waals surface area contributed by atoms with E-state index in [0.717, 1.165) is 36.8 Å². The molecule has 1 fully saturated rings. The topological polar surface area (TPSA) is 64.4 Å². The first kappa shape index (κ1) is 26.8. The Morgan fingerprint density at radius 3 is 2.58 bits per heavy atom. The number of hydrogen-bond donors (Lipinski definition) is 0. The summed E-state index contributed by atoms with van der Waals surface area (Å²) in [7, 11) is 0. The lowest BCUT2D eigenvalue weighted by Gasteiger charge is -2.36. The molecule has 2 aromatic rings. The van der Waals surface area contributed by atoms with Crippen LogP contribution in [0, 0.1) is 5.41 Å². The van der Waals surface area contributed by atoms with Crippen molar-refractivity contribution in [2.45, 2.75) is 70.5 Å². The van der Waals surface area contributed by atoms with Crippen LogP contribution in [0.4, 0.5) is 0 Å². The van der Waals surface area contributed by atoms with E-state index in [0.29, 0.717) is 36.1 Å². The zero-order chi connectivity index (χ0) is 26.9. The number of hydrogen-bond acceptors (Lipinski definition) is 4. The molecule has 0 radical (unpaired) electrons. The van der Waals surface area contributed by atoms with E-state index in [1.807, 2.05) is 67.0 Å². The molecule has 1 amide bonds. The van der Waals surface area contributed by atoms with Crippen molar-refractivity contribution >= 4 is 29.1 Å². The van der Waals surface area contributed by atoms with Crippen molar-refractivity contribution in [1.82, 2.24) is 14.5 Å². The molecule has 200 valence electrons. The molecule has 3 aliphatic rings. The van der Waals surface area contributed by atoms with Crippen LogP contribution in [-0.2, 0) is 19.6 Å². The van der Waals surface area contributed by atoms with E-state index in [2.05, 4.69) is 11.1 Å². The summed E-state index contributed by atoms with van der Waals surface area (Å²) in [6.45, 7) is 5.25. The van der Waals surface area contributed by atoms with Gasteiger partial charge in [0.05, 0.1) is 5.38 Å². The van der Waals surface area contributed by atoms with Crippen molar-refractivity contribution in [3.63, 3.8) is 0 Å².